The second-order valence-corrected chi connectivity index (χ2v) is 2.57. The fourth-order valence-electron chi connectivity index (χ4n) is 1.22. The smallest absolute Gasteiger partial charge is 0.374 e. The van der Waals surface area contributed by atoms with Gasteiger partial charge in [-0.15, -0.1) is 0 Å². The van der Waals surface area contributed by atoms with Gasteiger partial charge in [-0.3, -0.25) is 0 Å². The molecule has 56 valence electrons. The van der Waals surface area contributed by atoms with E-state index in [1.165, 1.54) is 0 Å². The van der Waals surface area contributed by atoms with Crippen molar-refractivity contribution in [2.75, 3.05) is 0 Å². The quantitative estimate of drug-likeness (QED) is 0.548. The number of hydrogen-bond acceptors (Lipinski definition) is 4. The molecule has 3 saturated heterocycles. The minimum absolute atomic E-state index is 0.289. The van der Waals surface area contributed by atoms with Crippen LogP contribution in [0.3, 0.4) is 0 Å². The molecule has 0 aromatic rings. The summed E-state index contributed by atoms with van der Waals surface area (Å²) in [5, 5.41) is 9.28. The molecule has 10 heavy (non-hydrogen) atoms. The Hall–Kier alpha value is -0.0951. The van der Waals surface area contributed by atoms with Crippen molar-refractivity contribution >= 4 is 7.32 Å². The summed E-state index contributed by atoms with van der Waals surface area (Å²) in [7, 11) is -0.610. The maximum absolute atomic E-state index is 9.28. The molecule has 1 unspecified atom stereocenters. The van der Waals surface area contributed by atoms with E-state index in [-0.39, 0.29) is 6.10 Å². The second kappa shape index (κ2) is 1.95. The van der Waals surface area contributed by atoms with E-state index >= 15 is 0 Å². The molecule has 3 heterocycles. The molecule has 0 aliphatic carbocycles. The highest BCUT2D eigenvalue weighted by atomic mass is 17.0. The summed E-state index contributed by atoms with van der Waals surface area (Å²) >= 11 is 0. The van der Waals surface area contributed by atoms with Crippen LogP contribution in [0.4, 0.5) is 0 Å². The molecule has 0 aromatic heterocycles. The van der Waals surface area contributed by atoms with Crippen LogP contribution in [0.1, 0.15) is 19.8 Å². The van der Waals surface area contributed by atoms with Gasteiger partial charge in [0.25, 0.3) is 5.97 Å². The summed E-state index contributed by atoms with van der Waals surface area (Å²) in [6.07, 6.45) is 1.43. The normalized spacial score (nSPS) is 43.8. The average molecular weight is 144 g/mol. The number of aliphatic hydroxyl groups is 1. The third kappa shape index (κ3) is 0.718. The van der Waals surface area contributed by atoms with Gasteiger partial charge in [0.05, 0.1) is 0 Å². The largest absolute Gasteiger partial charge is 0.647 e. The Morgan fingerprint density at radius 1 is 1.60 bits per heavy atom. The van der Waals surface area contributed by atoms with Crippen LogP contribution in [-0.4, -0.2) is 24.5 Å². The zero-order valence-corrected chi connectivity index (χ0v) is 5.74. The molecule has 3 aliphatic rings. The Bertz CT molecular complexity index is 145. The van der Waals surface area contributed by atoms with Crippen molar-refractivity contribution in [3.05, 3.63) is 0 Å². The van der Waals surface area contributed by atoms with E-state index in [1.807, 2.05) is 6.92 Å². The second-order valence-electron chi connectivity index (χ2n) is 2.57. The third-order valence-electron chi connectivity index (χ3n) is 1.76. The van der Waals surface area contributed by atoms with Gasteiger partial charge < -0.3 is 19.1 Å². The van der Waals surface area contributed by atoms with Gasteiger partial charge in [-0.2, -0.15) is 0 Å². The fraction of sp³-hybridized carbons (Fsp3) is 1.00. The van der Waals surface area contributed by atoms with Gasteiger partial charge in [0.2, 0.25) is 0 Å². The number of hydrogen-bond donors (Lipinski definition) is 1. The van der Waals surface area contributed by atoms with Crippen molar-refractivity contribution < 1.29 is 19.1 Å². The van der Waals surface area contributed by atoms with Crippen molar-refractivity contribution in [2.45, 2.75) is 31.8 Å². The molecule has 3 aliphatic heterocycles. The summed E-state index contributed by atoms with van der Waals surface area (Å²) in [5.74, 6) is -1.42. The molecule has 3 fully saturated rings. The van der Waals surface area contributed by atoms with Crippen molar-refractivity contribution in [1.82, 2.24) is 0 Å². The minimum atomic E-state index is -1.42. The highest BCUT2D eigenvalue weighted by Gasteiger charge is 2.65. The minimum Gasteiger partial charge on any atom is -0.374 e. The lowest BCUT2D eigenvalue weighted by molar-refractivity contribution is -0.337. The van der Waals surface area contributed by atoms with Gasteiger partial charge in [0.15, 0.2) is 0 Å². The Kier molecular flexibility index (Phi) is 1.29. The van der Waals surface area contributed by atoms with Crippen LogP contribution in [0.5, 0.6) is 0 Å². The van der Waals surface area contributed by atoms with Gasteiger partial charge in [0, 0.05) is 0 Å². The first-order valence-corrected chi connectivity index (χ1v) is 3.48. The van der Waals surface area contributed by atoms with Gasteiger partial charge in [0.1, 0.15) is 6.10 Å². The fourth-order valence-corrected chi connectivity index (χ4v) is 1.22. The highest BCUT2D eigenvalue weighted by Crippen LogP contribution is 2.40. The number of rotatable bonds is 2. The van der Waals surface area contributed by atoms with Crippen LogP contribution >= 0.6 is 0 Å². The molecular weight excluding hydrogens is 135 g/mol. The van der Waals surface area contributed by atoms with E-state index in [4.69, 9.17) is 14.0 Å². The summed E-state index contributed by atoms with van der Waals surface area (Å²) in [4.78, 5) is 0. The van der Waals surface area contributed by atoms with E-state index in [1.54, 1.807) is 0 Å². The molecule has 0 radical (unpaired) electrons. The Morgan fingerprint density at radius 2 is 2.30 bits per heavy atom. The molecule has 4 nitrogen and oxygen atoms in total. The molecule has 2 bridgehead atoms. The summed E-state index contributed by atoms with van der Waals surface area (Å²) < 4.78 is 14.7. The standard InChI is InChI=1S/C5H9BO4/c1-2-3-4-5(7)9-6(8-4)10-5/h4,7H,2-3H2,1H3. The lowest BCUT2D eigenvalue weighted by atomic mass is 10.1. The van der Waals surface area contributed by atoms with Gasteiger partial charge >= 0.3 is 7.32 Å². The molecule has 1 N–H and O–H groups in total. The van der Waals surface area contributed by atoms with Crippen LogP contribution in [0, 0.1) is 0 Å². The molecule has 1 atom stereocenters. The van der Waals surface area contributed by atoms with Crippen molar-refractivity contribution in [3.63, 3.8) is 0 Å². The van der Waals surface area contributed by atoms with E-state index in [2.05, 4.69) is 0 Å². The predicted octanol–water partition coefficient (Wildman–Crippen LogP) is -0.137. The van der Waals surface area contributed by atoms with Crippen molar-refractivity contribution in [2.24, 2.45) is 0 Å². The molecule has 0 aromatic carbocycles. The zero-order chi connectivity index (χ0) is 7.19. The topological polar surface area (TPSA) is 47.9 Å². The summed E-state index contributed by atoms with van der Waals surface area (Å²) in [6.45, 7) is 2.02. The molecule has 0 amide bonds. The first-order chi connectivity index (χ1) is 4.74. The highest BCUT2D eigenvalue weighted by molar-refractivity contribution is 6.40. The Morgan fingerprint density at radius 3 is 2.70 bits per heavy atom. The van der Waals surface area contributed by atoms with E-state index in [0.29, 0.717) is 0 Å². The molecule has 5 heteroatoms. The van der Waals surface area contributed by atoms with Crippen LogP contribution in [0.15, 0.2) is 0 Å². The monoisotopic (exact) mass is 144 g/mol. The van der Waals surface area contributed by atoms with Crippen molar-refractivity contribution in [1.29, 1.82) is 0 Å². The lowest BCUT2D eigenvalue weighted by Gasteiger charge is -2.30. The molecular formula is C5H9BO4. The Balaban J connectivity index is 1.98. The average Bonchev–Trinajstić information content (AvgIpc) is 2.21. The maximum atomic E-state index is 9.28. The van der Waals surface area contributed by atoms with Crippen LogP contribution < -0.4 is 0 Å². The van der Waals surface area contributed by atoms with Gasteiger partial charge in [-0.1, -0.05) is 13.3 Å². The predicted molar refractivity (Wildman–Crippen MR) is 32.7 cm³/mol. The molecule has 3 rings (SSSR count). The lowest BCUT2D eigenvalue weighted by Crippen LogP contribution is -2.52. The summed E-state index contributed by atoms with van der Waals surface area (Å²) in [6, 6.07) is 0. The first kappa shape index (κ1) is 6.60. The van der Waals surface area contributed by atoms with E-state index in [0.717, 1.165) is 12.8 Å². The third-order valence-corrected chi connectivity index (χ3v) is 1.76. The molecule has 0 saturated carbocycles. The molecule has 0 spiro atoms. The number of fused-ring (bicyclic) bond motifs is 1. The SMILES string of the molecule is CCCC1OB2OC1(O)O2. The Labute approximate surface area is 59.2 Å². The van der Waals surface area contributed by atoms with Gasteiger partial charge in [-0.25, -0.2) is 0 Å². The first-order valence-electron chi connectivity index (χ1n) is 3.48. The van der Waals surface area contributed by atoms with Crippen LogP contribution in [0.25, 0.3) is 0 Å². The van der Waals surface area contributed by atoms with Gasteiger partial charge in [-0.05, 0) is 6.42 Å². The van der Waals surface area contributed by atoms with E-state index in [9.17, 15) is 5.11 Å². The summed E-state index contributed by atoms with van der Waals surface area (Å²) in [5.41, 5.74) is 0. The van der Waals surface area contributed by atoms with E-state index < -0.39 is 13.3 Å². The van der Waals surface area contributed by atoms with Crippen LogP contribution in [-0.2, 0) is 14.0 Å². The van der Waals surface area contributed by atoms with Crippen molar-refractivity contribution in [3.8, 4) is 0 Å². The maximum Gasteiger partial charge on any atom is 0.647 e. The van der Waals surface area contributed by atoms with Crippen LogP contribution in [0.2, 0.25) is 0 Å². The zero-order valence-electron chi connectivity index (χ0n) is 5.74.